The average molecular weight is 464 g/mol. The Morgan fingerprint density at radius 2 is 1.21 bits per heavy atom. The Morgan fingerprint density at radius 3 is 1.74 bits per heavy atom. The number of hydrogen-bond acceptors (Lipinski definition) is 7. The number of benzene rings is 3. The highest BCUT2D eigenvalue weighted by Crippen LogP contribution is 2.18. The predicted octanol–water partition coefficient (Wildman–Crippen LogP) is 3.52. The number of ether oxygens (including phenoxy) is 4. The molecule has 0 bridgehead atoms. The van der Waals surface area contributed by atoms with Crippen LogP contribution in [0.25, 0.3) is 0 Å². The lowest BCUT2D eigenvalue weighted by Crippen LogP contribution is -2.21. The van der Waals surface area contributed by atoms with Crippen LogP contribution in [0.1, 0.15) is 10.4 Å². The number of hydrogen-bond donors (Lipinski definition) is 2. The molecule has 0 unspecified atom stereocenters. The molecule has 0 aliphatic heterocycles. The van der Waals surface area contributed by atoms with Crippen molar-refractivity contribution >= 4 is 29.2 Å². The number of amides is 2. The maximum atomic E-state index is 12.2. The highest BCUT2D eigenvalue weighted by molar-refractivity contribution is 5.95. The number of rotatable bonds is 10. The smallest absolute Gasteiger partial charge is 0.338 e. The first-order chi connectivity index (χ1) is 16.5. The molecule has 0 aliphatic rings. The molecule has 0 fully saturated rings. The van der Waals surface area contributed by atoms with Crippen LogP contribution in [0.5, 0.6) is 17.2 Å². The fourth-order valence-electron chi connectivity index (χ4n) is 2.85. The number of carbonyl (C=O) groups is 3. The van der Waals surface area contributed by atoms with E-state index in [1.807, 2.05) is 0 Å². The predicted molar refractivity (Wildman–Crippen MR) is 125 cm³/mol. The summed E-state index contributed by atoms with van der Waals surface area (Å²) in [5.41, 5.74) is 1.35. The van der Waals surface area contributed by atoms with E-state index >= 15 is 0 Å². The van der Waals surface area contributed by atoms with Crippen molar-refractivity contribution in [2.45, 2.75) is 0 Å². The Morgan fingerprint density at radius 1 is 0.676 bits per heavy atom. The number of nitrogens with one attached hydrogen (secondary N) is 2. The molecule has 0 aromatic heterocycles. The molecular formula is C25H24N2O7. The normalized spacial score (nSPS) is 10.1. The van der Waals surface area contributed by atoms with Crippen LogP contribution in [0, 0.1) is 0 Å². The molecule has 3 rings (SSSR count). The lowest BCUT2D eigenvalue weighted by molar-refractivity contribution is -0.119. The van der Waals surface area contributed by atoms with Crippen molar-refractivity contribution in [3.63, 3.8) is 0 Å². The van der Waals surface area contributed by atoms with E-state index in [1.165, 1.54) is 31.4 Å². The molecule has 0 saturated heterocycles. The van der Waals surface area contributed by atoms with Gasteiger partial charge in [-0.3, -0.25) is 9.59 Å². The standard InChI is InChI=1S/C25H24N2O7/c1-31-21-7-3-5-18(13-21)26-23(28)15-33-20-11-9-17(10-12-20)25(30)34-16-24(29)27-19-6-4-8-22(14-19)32-2/h3-14H,15-16H2,1-2H3,(H,26,28)(H,27,29). The molecule has 0 radical (unpaired) electrons. The summed E-state index contributed by atoms with van der Waals surface area (Å²) in [7, 11) is 3.07. The van der Waals surface area contributed by atoms with Crippen LogP contribution >= 0.6 is 0 Å². The van der Waals surface area contributed by atoms with Crippen LogP contribution in [0.4, 0.5) is 11.4 Å². The van der Waals surface area contributed by atoms with E-state index in [0.717, 1.165) is 0 Å². The largest absolute Gasteiger partial charge is 0.497 e. The summed E-state index contributed by atoms with van der Waals surface area (Å²) < 4.78 is 20.7. The minimum Gasteiger partial charge on any atom is -0.497 e. The maximum Gasteiger partial charge on any atom is 0.338 e. The zero-order valence-electron chi connectivity index (χ0n) is 18.7. The zero-order valence-corrected chi connectivity index (χ0v) is 18.7. The summed E-state index contributed by atoms with van der Waals surface area (Å²) in [4.78, 5) is 36.3. The van der Waals surface area contributed by atoms with Crippen molar-refractivity contribution in [3.05, 3.63) is 78.4 Å². The van der Waals surface area contributed by atoms with E-state index in [0.29, 0.717) is 28.6 Å². The lowest BCUT2D eigenvalue weighted by atomic mass is 10.2. The van der Waals surface area contributed by atoms with Crippen molar-refractivity contribution in [1.82, 2.24) is 0 Å². The first kappa shape index (κ1) is 24.1. The van der Waals surface area contributed by atoms with Crippen molar-refractivity contribution in [3.8, 4) is 17.2 Å². The van der Waals surface area contributed by atoms with E-state index in [1.54, 1.807) is 55.6 Å². The van der Waals surface area contributed by atoms with E-state index in [2.05, 4.69) is 10.6 Å². The molecule has 34 heavy (non-hydrogen) atoms. The van der Waals surface area contributed by atoms with Gasteiger partial charge in [-0.15, -0.1) is 0 Å². The molecule has 9 nitrogen and oxygen atoms in total. The third kappa shape index (κ3) is 7.27. The number of anilines is 2. The summed E-state index contributed by atoms with van der Waals surface area (Å²) in [5.74, 6) is 0.118. The van der Waals surface area contributed by atoms with Crippen LogP contribution in [-0.2, 0) is 14.3 Å². The van der Waals surface area contributed by atoms with E-state index in [4.69, 9.17) is 18.9 Å². The molecular weight excluding hydrogens is 440 g/mol. The molecule has 0 aliphatic carbocycles. The molecule has 176 valence electrons. The fraction of sp³-hybridized carbons (Fsp3) is 0.160. The third-order valence-electron chi connectivity index (χ3n) is 4.50. The number of methoxy groups -OCH3 is 2. The van der Waals surface area contributed by atoms with Gasteiger partial charge in [-0.25, -0.2) is 4.79 Å². The van der Waals surface area contributed by atoms with Crippen LogP contribution in [-0.4, -0.2) is 45.2 Å². The summed E-state index contributed by atoms with van der Waals surface area (Å²) in [6, 6.07) is 19.8. The van der Waals surface area contributed by atoms with Gasteiger partial charge in [0.2, 0.25) is 0 Å². The van der Waals surface area contributed by atoms with Crippen molar-refractivity contribution in [2.24, 2.45) is 0 Å². The molecule has 2 N–H and O–H groups in total. The van der Waals surface area contributed by atoms with E-state index in [9.17, 15) is 14.4 Å². The molecule has 0 heterocycles. The van der Waals surface area contributed by atoms with Crippen molar-refractivity contribution in [2.75, 3.05) is 38.1 Å². The number of carbonyl (C=O) groups excluding carboxylic acids is 3. The molecule has 3 aromatic rings. The monoisotopic (exact) mass is 464 g/mol. The van der Waals surface area contributed by atoms with Crippen LogP contribution < -0.4 is 24.8 Å². The van der Waals surface area contributed by atoms with Crippen molar-refractivity contribution < 1.29 is 33.3 Å². The second-order valence-corrected chi connectivity index (χ2v) is 6.95. The Hall–Kier alpha value is -4.53. The van der Waals surface area contributed by atoms with Gasteiger partial charge in [0, 0.05) is 23.5 Å². The van der Waals surface area contributed by atoms with Gasteiger partial charge in [0.15, 0.2) is 13.2 Å². The maximum absolute atomic E-state index is 12.2. The van der Waals surface area contributed by atoms with Crippen molar-refractivity contribution in [1.29, 1.82) is 0 Å². The van der Waals surface area contributed by atoms with Crippen LogP contribution in [0.2, 0.25) is 0 Å². The van der Waals surface area contributed by atoms with Gasteiger partial charge in [-0.05, 0) is 48.5 Å². The second-order valence-electron chi connectivity index (χ2n) is 6.95. The zero-order chi connectivity index (χ0) is 24.3. The van der Waals surface area contributed by atoms with Gasteiger partial charge in [0.25, 0.3) is 11.8 Å². The van der Waals surface area contributed by atoms with Crippen LogP contribution in [0.3, 0.4) is 0 Å². The average Bonchev–Trinajstić information content (AvgIpc) is 2.86. The molecule has 9 heteroatoms. The molecule has 0 atom stereocenters. The highest BCUT2D eigenvalue weighted by Gasteiger charge is 2.12. The minimum absolute atomic E-state index is 0.217. The first-order valence-electron chi connectivity index (χ1n) is 10.2. The van der Waals surface area contributed by atoms with Gasteiger partial charge in [0.1, 0.15) is 17.2 Å². The molecule has 0 saturated carbocycles. The molecule has 2 amide bonds. The van der Waals surface area contributed by atoms with E-state index < -0.39 is 18.5 Å². The Labute approximate surface area is 196 Å². The number of esters is 1. The molecule has 3 aromatic carbocycles. The fourth-order valence-corrected chi connectivity index (χ4v) is 2.85. The van der Waals surface area contributed by atoms with E-state index in [-0.39, 0.29) is 18.1 Å². The Balaban J connectivity index is 1.43. The highest BCUT2D eigenvalue weighted by atomic mass is 16.5. The second kappa shape index (κ2) is 11.9. The Bertz CT molecular complexity index is 1150. The third-order valence-corrected chi connectivity index (χ3v) is 4.50. The van der Waals surface area contributed by atoms with Gasteiger partial charge < -0.3 is 29.6 Å². The van der Waals surface area contributed by atoms with Gasteiger partial charge in [-0.1, -0.05) is 12.1 Å². The summed E-state index contributed by atoms with van der Waals surface area (Å²) in [6.45, 7) is -0.663. The van der Waals surface area contributed by atoms with Gasteiger partial charge >= 0.3 is 5.97 Å². The van der Waals surface area contributed by atoms with Gasteiger partial charge in [0.05, 0.1) is 19.8 Å². The van der Waals surface area contributed by atoms with Gasteiger partial charge in [-0.2, -0.15) is 0 Å². The van der Waals surface area contributed by atoms with Crippen LogP contribution in [0.15, 0.2) is 72.8 Å². The SMILES string of the molecule is COc1cccc(NC(=O)COC(=O)c2ccc(OCC(=O)Nc3cccc(OC)c3)cc2)c1. The summed E-state index contributed by atoms with van der Waals surface area (Å²) in [5, 5.41) is 5.33. The quantitative estimate of drug-likeness (QED) is 0.442. The first-order valence-corrected chi connectivity index (χ1v) is 10.2. The molecule has 0 spiro atoms. The topological polar surface area (TPSA) is 112 Å². The Kier molecular flexibility index (Phi) is 8.45. The lowest BCUT2D eigenvalue weighted by Gasteiger charge is -2.10. The summed E-state index contributed by atoms with van der Waals surface area (Å²) >= 11 is 0. The minimum atomic E-state index is -0.664. The summed E-state index contributed by atoms with van der Waals surface area (Å²) in [6.07, 6.45) is 0.